The fraction of sp³-hybridized carbons (Fsp3) is 0.700. The van der Waals surface area contributed by atoms with Gasteiger partial charge in [0.05, 0.1) is 6.42 Å². The Labute approximate surface area is 98.4 Å². The second kappa shape index (κ2) is 5.51. The Bertz CT molecular complexity index is 327. The first-order chi connectivity index (χ1) is 7.90. The third-order valence-corrected chi connectivity index (χ3v) is 2.55. The molecule has 0 spiro atoms. The van der Waals surface area contributed by atoms with Crippen LogP contribution in [0.5, 0.6) is 0 Å². The van der Waals surface area contributed by atoms with Crippen LogP contribution >= 0.6 is 0 Å². The minimum absolute atomic E-state index is 0.494. The standard InChI is InChI=1S/C10H16N2O5/c1-12(5-6-2-3-6)10(17)11-7(9(15)16)4-8(13)14/h6-7H,2-5H2,1H3,(H,11,17)(H,13,14)(H,15,16)/t7-/m1/s1. The molecule has 0 saturated heterocycles. The fourth-order valence-electron chi connectivity index (χ4n) is 1.40. The number of hydrogen-bond acceptors (Lipinski definition) is 3. The predicted octanol–water partition coefficient (Wildman–Crippen LogP) is -0.0343. The van der Waals surface area contributed by atoms with Gasteiger partial charge in [0.25, 0.3) is 0 Å². The summed E-state index contributed by atoms with van der Waals surface area (Å²) in [6, 6.07) is -1.94. The maximum atomic E-state index is 11.6. The van der Waals surface area contributed by atoms with Crippen LogP contribution in [-0.4, -0.2) is 52.7 Å². The van der Waals surface area contributed by atoms with Crippen LogP contribution in [0.4, 0.5) is 4.79 Å². The molecule has 0 aromatic heterocycles. The zero-order valence-electron chi connectivity index (χ0n) is 9.55. The minimum Gasteiger partial charge on any atom is -0.481 e. The van der Waals surface area contributed by atoms with Gasteiger partial charge >= 0.3 is 18.0 Å². The Morgan fingerprint density at radius 1 is 1.35 bits per heavy atom. The molecule has 0 aromatic carbocycles. The maximum absolute atomic E-state index is 11.6. The second-order valence-electron chi connectivity index (χ2n) is 4.26. The van der Waals surface area contributed by atoms with E-state index in [1.54, 1.807) is 7.05 Å². The second-order valence-corrected chi connectivity index (χ2v) is 4.26. The molecule has 0 aliphatic heterocycles. The van der Waals surface area contributed by atoms with E-state index in [9.17, 15) is 14.4 Å². The quantitative estimate of drug-likeness (QED) is 0.608. The first-order valence-corrected chi connectivity index (χ1v) is 5.36. The van der Waals surface area contributed by atoms with Gasteiger partial charge in [-0.2, -0.15) is 0 Å². The molecule has 7 nitrogen and oxygen atoms in total. The van der Waals surface area contributed by atoms with Crippen LogP contribution < -0.4 is 5.32 Å². The molecule has 17 heavy (non-hydrogen) atoms. The molecule has 0 aromatic rings. The van der Waals surface area contributed by atoms with Crippen molar-refractivity contribution >= 4 is 18.0 Å². The van der Waals surface area contributed by atoms with E-state index in [-0.39, 0.29) is 0 Å². The smallest absolute Gasteiger partial charge is 0.326 e. The van der Waals surface area contributed by atoms with Crippen LogP contribution in [0.3, 0.4) is 0 Å². The lowest BCUT2D eigenvalue weighted by atomic mass is 10.2. The largest absolute Gasteiger partial charge is 0.481 e. The van der Waals surface area contributed by atoms with Crippen molar-refractivity contribution < 1.29 is 24.6 Å². The summed E-state index contributed by atoms with van der Waals surface area (Å²) in [6.07, 6.45) is 1.53. The lowest BCUT2D eigenvalue weighted by Crippen LogP contribution is -2.48. The summed E-state index contributed by atoms with van der Waals surface area (Å²) in [4.78, 5) is 34.1. The van der Waals surface area contributed by atoms with Crippen LogP contribution in [0.2, 0.25) is 0 Å². The Hall–Kier alpha value is -1.79. The molecule has 1 aliphatic carbocycles. The maximum Gasteiger partial charge on any atom is 0.326 e. The van der Waals surface area contributed by atoms with Crippen molar-refractivity contribution in [3.63, 3.8) is 0 Å². The van der Waals surface area contributed by atoms with Gasteiger partial charge in [-0.3, -0.25) is 4.79 Å². The fourth-order valence-corrected chi connectivity index (χ4v) is 1.40. The van der Waals surface area contributed by atoms with Crippen LogP contribution in [0.15, 0.2) is 0 Å². The minimum atomic E-state index is -1.39. The summed E-state index contributed by atoms with van der Waals surface area (Å²) in [5, 5.41) is 19.4. The molecular weight excluding hydrogens is 228 g/mol. The molecule has 0 bridgehead atoms. The molecule has 1 atom stereocenters. The highest BCUT2D eigenvalue weighted by molar-refractivity contribution is 5.86. The van der Waals surface area contributed by atoms with Gasteiger partial charge < -0.3 is 20.4 Å². The van der Waals surface area contributed by atoms with Gasteiger partial charge in [-0.1, -0.05) is 0 Å². The highest BCUT2D eigenvalue weighted by Crippen LogP contribution is 2.29. The molecule has 2 amide bonds. The summed E-state index contributed by atoms with van der Waals surface area (Å²) >= 11 is 0. The van der Waals surface area contributed by atoms with Crippen molar-refractivity contribution in [2.24, 2.45) is 5.92 Å². The Morgan fingerprint density at radius 2 is 1.94 bits per heavy atom. The Morgan fingerprint density at radius 3 is 2.35 bits per heavy atom. The molecule has 1 aliphatic rings. The molecule has 1 rings (SSSR count). The van der Waals surface area contributed by atoms with E-state index in [1.165, 1.54) is 4.90 Å². The number of hydrogen-bond donors (Lipinski definition) is 3. The Balaban J connectivity index is 2.44. The first kappa shape index (κ1) is 13.3. The van der Waals surface area contributed by atoms with Gasteiger partial charge in [-0.05, 0) is 18.8 Å². The van der Waals surface area contributed by atoms with Crippen LogP contribution in [0.25, 0.3) is 0 Å². The number of carboxylic acids is 2. The summed E-state index contributed by atoms with van der Waals surface area (Å²) in [5.74, 6) is -2.11. The van der Waals surface area contributed by atoms with Crippen molar-refractivity contribution in [2.45, 2.75) is 25.3 Å². The van der Waals surface area contributed by atoms with Crippen LogP contribution in [0, 0.1) is 5.92 Å². The van der Waals surface area contributed by atoms with Crippen molar-refractivity contribution in [1.29, 1.82) is 0 Å². The number of urea groups is 1. The molecular formula is C10H16N2O5. The third kappa shape index (κ3) is 4.71. The average Bonchev–Trinajstić information content (AvgIpc) is 2.99. The monoisotopic (exact) mass is 244 g/mol. The van der Waals surface area contributed by atoms with Gasteiger partial charge in [0.15, 0.2) is 0 Å². The molecule has 0 radical (unpaired) electrons. The average molecular weight is 244 g/mol. The van der Waals surface area contributed by atoms with Crippen molar-refractivity contribution in [1.82, 2.24) is 10.2 Å². The van der Waals surface area contributed by atoms with Crippen LogP contribution in [-0.2, 0) is 9.59 Å². The van der Waals surface area contributed by atoms with Crippen molar-refractivity contribution in [2.75, 3.05) is 13.6 Å². The molecule has 7 heteroatoms. The van der Waals surface area contributed by atoms with E-state index in [0.717, 1.165) is 12.8 Å². The molecule has 0 unspecified atom stereocenters. The predicted molar refractivity (Wildman–Crippen MR) is 57.6 cm³/mol. The van der Waals surface area contributed by atoms with Gasteiger partial charge in [-0.25, -0.2) is 9.59 Å². The van der Waals surface area contributed by atoms with E-state index in [4.69, 9.17) is 10.2 Å². The molecule has 96 valence electrons. The number of carbonyl (C=O) groups is 3. The lowest BCUT2D eigenvalue weighted by Gasteiger charge is -2.20. The van der Waals surface area contributed by atoms with E-state index >= 15 is 0 Å². The molecule has 3 N–H and O–H groups in total. The SMILES string of the molecule is CN(CC1CC1)C(=O)N[C@H](CC(=O)O)C(=O)O. The highest BCUT2D eigenvalue weighted by atomic mass is 16.4. The van der Waals surface area contributed by atoms with E-state index < -0.39 is 30.4 Å². The summed E-state index contributed by atoms with van der Waals surface area (Å²) in [6.45, 7) is 0.575. The summed E-state index contributed by atoms with van der Waals surface area (Å²) in [7, 11) is 1.56. The first-order valence-electron chi connectivity index (χ1n) is 5.36. The van der Waals surface area contributed by atoms with E-state index in [1.807, 2.05) is 0 Å². The number of nitrogens with zero attached hydrogens (tertiary/aromatic N) is 1. The van der Waals surface area contributed by atoms with Gasteiger partial charge in [0.2, 0.25) is 0 Å². The molecule has 1 fully saturated rings. The van der Waals surface area contributed by atoms with Crippen LogP contribution in [0.1, 0.15) is 19.3 Å². The number of carbonyl (C=O) groups excluding carboxylic acids is 1. The zero-order chi connectivity index (χ0) is 13.0. The number of rotatable bonds is 6. The normalized spacial score (nSPS) is 16.1. The van der Waals surface area contributed by atoms with Gasteiger partial charge in [0.1, 0.15) is 6.04 Å². The topological polar surface area (TPSA) is 107 Å². The zero-order valence-corrected chi connectivity index (χ0v) is 9.55. The number of carboxylic acid groups (broad SMARTS) is 2. The number of aliphatic carboxylic acids is 2. The summed E-state index contributed by atoms with van der Waals surface area (Å²) < 4.78 is 0. The van der Waals surface area contributed by atoms with Gasteiger partial charge in [-0.15, -0.1) is 0 Å². The number of nitrogens with one attached hydrogen (secondary N) is 1. The van der Waals surface area contributed by atoms with Gasteiger partial charge in [0, 0.05) is 13.6 Å². The molecule has 1 saturated carbocycles. The number of amides is 2. The van der Waals surface area contributed by atoms with E-state index in [0.29, 0.717) is 12.5 Å². The van der Waals surface area contributed by atoms with E-state index in [2.05, 4.69) is 5.32 Å². The summed E-state index contributed by atoms with van der Waals surface area (Å²) in [5.41, 5.74) is 0. The molecule has 0 heterocycles. The third-order valence-electron chi connectivity index (χ3n) is 2.55. The van der Waals surface area contributed by atoms with Crippen molar-refractivity contribution in [3.8, 4) is 0 Å². The Kier molecular flexibility index (Phi) is 4.30. The lowest BCUT2D eigenvalue weighted by molar-refractivity contribution is -0.145. The highest BCUT2D eigenvalue weighted by Gasteiger charge is 2.28. The van der Waals surface area contributed by atoms with Crippen molar-refractivity contribution in [3.05, 3.63) is 0 Å².